The average Bonchev–Trinajstić information content (AvgIpc) is 2.30. The number of aliphatic imine (C=N–C) groups is 1. The van der Waals surface area contributed by atoms with Gasteiger partial charge >= 0.3 is 0 Å². The lowest BCUT2D eigenvalue weighted by molar-refractivity contribution is 1.23. The Morgan fingerprint density at radius 2 is 2.06 bits per heavy atom. The van der Waals surface area contributed by atoms with Gasteiger partial charge in [0.2, 0.25) is 0 Å². The number of nitrogens with one attached hydrogen (secondary N) is 1. The van der Waals surface area contributed by atoms with Crippen molar-refractivity contribution < 1.29 is 0 Å². The summed E-state index contributed by atoms with van der Waals surface area (Å²) in [5, 5.41) is 11.8. The van der Waals surface area contributed by atoms with Crippen molar-refractivity contribution in [2.24, 2.45) is 4.99 Å². The number of thioether (sulfide) groups is 1. The monoisotopic (exact) mass is 311 g/mol. The third-order valence-corrected chi connectivity index (χ3v) is 4.21. The number of hydrogen-bond donors (Lipinski definition) is 1. The maximum atomic E-state index is 8.62. The molecule has 0 aliphatic rings. The van der Waals surface area contributed by atoms with Crippen LogP contribution < -0.4 is 5.32 Å². The van der Waals surface area contributed by atoms with E-state index in [1.54, 1.807) is 0 Å². The Labute approximate surface area is 114 Å². The summed E-state index contributed by atoms with van der Waals surface area (Å²) in [6.45, 7) is 6.10. The second kappa shape index (κ2) is 6.08. The van der Waals surface area contributed by atoms with Gasteiger partial charge in [-0.2, -0.15) is 5.26 Å². The number of halogens is 1. The molecule has 0 unspecified atom stereocenters. The normalized spacial score (nSPS) is 11.2. The SMILES string of the molecule is CSC(=Nc1c(C)cc(C)c(Br)c1C)NC#N. The quantitative estimate of drug-likeness (QED) is 0.371. The van der Waals surface area contributed by atoms with E-state index < -0.39 is 0 Å². The molecule has 0 aromatic heterocycles. The standard InChI is InChI=1S/C12H14BrN3S/c1-7-5-8(2)11(9(3)10(7)13)16-12(17-4)15-6-14/h5H,1-4H3,(H,15,16). The fourth-order valence-electron chi connectivity index (χ4n) is 1.60. The Balaban J connectivity index is 3.33. The number of nitriles is 1. The molecule has 0 aliphatic heterocycles. The molecule has 0 aliphatic carbocycles. The minimum atomic E-state index is 0.606. The summed E-state index contributed by atoms with van der Waals surface area (Å²) in [6, 6.07) is 2.08. The zero-order valence-corrected chi connectivity index (χ0v) is 12.7. The van der Waals surface area contributed by atoms with Crippen molar-refractivity contribution in [1.29, 1.82) is 5.26 Å². The highest BCUT2D eigenvalue weighted by Crippen LogP contribution is 2.33. The first-order chi connectivity index (χ1) is 8.01. The summed E-state index contributed by atoms with van der Waals surface area (Å²) in [7, 11) is 0. The smallest absolute Gasteiger partial charge is 0.183 e. The van der Waals surface area contributed by atoms with Crippen LogP contribution in [0.15, 0.2) is 15.5 Å². The van der Waals surface area contributed by atoms with E-state index in [2.05, 4.69) is 39.2 Å². The van der Waals surface area contributed by atoms with Crippen molar-refractivity contribution in [3.05, 3.63) is 27.2 Å². The Kier molecular flexibility index (Phi) is 5.03. The summed E-state index contributed by atoms with van der Waals surface area (Å²) < 4.78 is 1.07. The van der Waals surface area contributed by atoms with Crippen molar-refractivity contribution in [3.8, 4) is 6.19 Å². The van der Waals surface area contributed by atoms with Gasteiger partial charge in [-0.3, -0.25) is 5.32 Å². The highest BCUT2D eigenvalue weighted by molar-refractivity contribution is 9.10. The lowest BCUT2D eigenvalue weighted by Crippen LogP contribution is -2.12. The van der Waals surface area contributed by atoms with E-state index in [0.717, 1.165) is 21.3 Å². The van der Waals surface area contributed by atoms with Crippen molar-refractivity contribution >= 4 is 38.5 Å². The van der Waals surface area contributed by atoms with Crippen LogP contribution >= 0.6 is 27.7 Å². The summed E-state index contributed by atoms with van der Waals surface area (Å²) >= 11 is 4.97. The lowest BCUT2D eigenvalue weighted by Gasteiger charge is -2.11. The molecule has 90 valence electrons. The molecule has 3 nitrogen and oxygen atoms in total. The summed E-state index contributed by atoms with van der Waals surface area (Å²) in [4.78, 5) is 4.48. The van der Waals surface area contributed by atoms with Crippen LogP contribution in [0.4, 0.5) is 5.69 Å². The molecular weight excluding hydrogens is 298 g/mol. The molecule has 0 amide bonds. The van der Waals surface area contributed by atoms with E-state index in [9.17, 15) is 0 Å². The van der Waals surface area contributed by atoms with Gasteiger partial charge < -0.3 is 0 Å². The highest BCUT2D eigenvalue weighted by Gasteiger charge is 2.09. The molecule has 0 fully saturated rings. The number of amidine groups is 1. The van der Waals surface area contributed by atoms with E-state index in [1.807, 2.05) is 26.3 Å². The summed E-state index contributed by atoms with van der Waals surface area (Å²) in [5.41, 5.74) is 4.30. The topological polar surface area (TPSA) is 48.2 Å². The van der Waals surface area contributed by atoms with Crippen molar-refractivity contribution in [3.63, 3.8) is 0 Å². The molecule has 5 heteroatoms. The maximum absolute atomic E-state index is 8.62. The summed E-state index contributed by atoms with van der Waals surface area (Å²) in [6.07, 6.45) is 3.78. The van der Waals surface area contributed by atoms with Gasteiger partial charge in [-0.1, -0.05) is 33.8 Å². The molecular formula is C12H14BrN3S. The molecule has 0 radical (unpaired) electrons. The molecule has 0 heterocycles. The van der Waals surface area contributed by atoms with Crippen LogP contribution in [0, 0.1) is 32.2 Å². The molecule has 0 saturated heterocycles. The predicted octanol–water partition coefficient (Wildman–Crippen LogP) is 3.80. The zero-order valence-electron chi connectivity index (χ0n) is 10.3. The van der Waals surface area contributed by atoms with Crippen LogP contribution in [0.5, 0.6) is 0 Å². The highest BCUT2D eigenvalue weighted by atomic mass is 79.9. The lowest BCUT2D eigenvalue weighted by atomic mass is 10.1. The van der Waals surface area contributed by atoms with E-state index in [1.165, 1.54) is 17.3 Å². The van der Waals surface area contributed by atoms with Crippen LogP contribution in [-0.4, -0.2) is 11.4 Å². The van der Waals surface area contributed by atoms with Crippen molar-refractivity contribution in [2.45, 2.75) is 20.8 Å². The number of aryl methyl sites for hydroxylation is 2. The number of benzene rings is 1. The molecule has 0 bridgehead atoms. The number of nitrogens with zero attached hydrogens (tertiary/aromatic N) is 2. The number of rotatable bonds is 1. The first-order valence-electron chi connectivity index (χ1n) is 5.05. The van der Waals surface area contributed by atoms with Gasteiger partial charge in [0.25, 0.3) is 0 Å². The van der Waals surface area contributed by atoms with Gasteiger partial charge in [0, 0.05) is 4.47 Å². The molecule has 17 heavy (non-hydrogen) atoms. The van der Waals surface area contributed by atoms with Gasteiger partial charge in [-0.25, -0.2) is 4.99 Å². The average molecular weight is 312 g/mol. The van der Waals surface area contributed by atoms with Crippen molar-refractivity contribution in [1.82, 2.24) is 5.32 Å². The molecule has 1 rings (SSSR count). The molecule has 1 N–H and O–H groups in total. The Morgan fingerprint density at radius 3 is 2.59 bits per heavy atom. The van der Waals surface area contributed by atoms with Crippen LogP contribution in [-0.2, 0) is 0 Å². The Hall–Kier alpha value is -0.990. The molecule has 0 spiro atoms. The van der Waals surface area contributed by atoms with Crippen LogP contribution in [0.3, 0.4) is 0 Å². The van der Waals surface area contributed by atoms with Gasteiger partial charge in [0.15, 0.2) is 11.4 Å². The first kappa shape index (κ1) is 14.1. The zero-order chi connectivity index (χ0) is 13.0. The third-order valence-electron chi connectivity index (χ3n) is 2.41. The van der Waals surface area contributed by atoms with E-state index >= 15 is 0 Å². The second-order valence-electron chi connectivity index (χ2n) is 3.66. The van der Waals surface area contributed by atoms with Gasteiger partial charge in [0.05, 0.1) is 5.69 Å². The van der Waals surface area contributed by atoms with Gasteiger partial charge in [-0.05, 0) is 43.7 Å². The van der Waals surface area contributed by atoms with E-state index in [-0.39, 0.29) is 0 Å². The third kappa shape index (κ3) is 3.24. The maximum Gasteiger partial charge on any atom is 0.183 e. The minimum absolute atomic E-state index is 0.606. The van der Waals surface area contributed by atoms with Gasteiger partial charge in [-0.15, -0.1) is 0 Å². The molecule has 1 aromatic rings. The fourth-order valence-corrected chi connectivity index (χ4v) is 2.23. The van der Waals surface area contributed by atoms with Gasteiger partial charge in [0.1, 0.15) is 0 Å². The fraction of sp³-hybridized carbons (Fsp3) is 0.333. The molecule has 1 aromatic carbocycles. The Morgan fingerprint density at radius 1 is 1.41 bits per heavy atom. The van der Waals surface area contributed by atoms with Crippen LogP contribution in [0.25, 0.3) is 0 Å². The molecule has 0 atom stereocenters. The molecule has 0 saturated carbocycles. The summed E-state index contributed by atoms with van der Waals surface area (Å²) in [5.74, 6) is 0. The van der Waals surface area contributed by atoms with Crippen molar-refractivity contribution in [2.75, 3.05) is 6.26 Å². The Bertz CT molecular complexity index is 503. The number of hydrogen-bond acceptors (Lipinski definition) is 3. The van der Waals surface area contributed by atoms with E-state index in [4.69, 9.17) is 5.26 Å². The first-order valence-corrected chi connectivity index (χ1v) is 7.07. The largest absolute Gasteiger partial charge is 0.271 e. The minimum Gasteiger partial charge on any atom is -0.271 e. The van der Waals surface area contributed by atoms with Crippen LogP contribution in [0.1, 0.15) is 16.7 Å². The van der Waals surface area contributed by atoms with E-state index in [0.29, 0.717) is 5.17 Å². The second-order valence-corrected chi connectivity index (χ2v) is 5.24. The van der Waals surface area contributed by atoms with Crippen LogP contribution in [0.2, 0.25) is 0 Å². The predicted molar refractivity (Wildman–Crippen MR) is 77.7 cm³/mol.